The number of methoxy groups -OCH3 is 1. The normalized spacial score (nSPS) is 10.9. The van der Waals surface area contributed by atoms with Crippen LogP contribution in [0.1, 0.15) is 15.9 Å². The number of benzene rings is 2. The van der Waals surface area contributed by atoms with Gasteiger partial charge in [-0.25, -0.2) is 18.4 Å². The highest BCUT2D eigenvalue weighted by Gasteiger charge is 2.19. The van der Waals surface area contributed by atoms with Gasteiger partial charge in [-0.3, -0.25) is 4.79 Å². The van der Waals surface area contributed by atoms with E-state index in [1.54, 1.807) is 12.1 Å². The highest BCUT2D eigenvalue weighted by Crippen LogP contribution is 2.23. The molecule has 0 radical (unpaired) electrons. The van der Waals surface area contributed by atoms with Crippen molar-refractivity contribution in [3.63, 3.8) is 0 Å². The lowest BCUT2D eigenvalue weighted by Crippen LogP contribution is -2.22. The molecule has 0 saturated carbocycles. The molecule has 1 amide bonds. The van der Waals surface area contributed by atoms with E-state index in [9.17, 15) is 18.0 Å². The van der Waals surface area contributed by atoms with Crippen LogP contribution in [0, 0.1) is 6.92 Å². The van der Waals surface area contributed by atoms with Gasteiger partial charge < -0.3 is 14.8 Å². The molecule has 3 N–H and O–H groups in total. The van der Waals surface area contributed by atoms with Crippen molar-refractivity contribution in [1.82, 2.24) is 0 Å². The Hall–Kier alpha value is -2.91. The zero-order valence-corrected chi connectivity index (χ0v) is 15.0. The van der Waals surface area contributed by atoms with Crippen molar-refractivity contribution >= 4 is 27.6 Å². The Labute approximate surface area is 151 Å². The van der Waals surface area contributed by atoms with Crippen LogP contribution in [0.4, 0.5) is 5.69 Å². The van der Waals surface area contributed by atoms with Gasteiger partial charge in [-0.15, -0.1) is 0 Å². The van der Waals surface area contributed by atoms with Crippen molar-refractivity contribution in [3.8, 4) is 5.75 Å². The van der Waals surface area contributed by atoms with Crippen molar-refractivity contribution in [2.45, 2.75) is 11.8 Å². The van der Waals surface area contributed by atoms with Crippen LogP contribution in [0.25, 0.3) is 0 Å². The lowest BCUT2D eigenvalue weighted by molar-refractivity contribution is -0.119. The molecule has 0 heterocycles. The average molecular weight is 378 g/mol. The van der Waals surface area contributed by atoms with E-state index in [4.69, 9.17) is 14.6 Å². The van der Waals surface area contributed by atoms with E-state index in [0.29, 0.717) is 5.69 Å². The van der Waals surface area contributed by atoms with E-state index >= 15 is 0 Å². The van der Waals surface area contributed by atoms with Gasteiger partial charge in [0.1, 0.15) is 11.3 Å². The van der Waals surface area contributed by atoms with E-state index in [1.165, 1.54) is 19.2 Å². The second kappa shape index (κ2) is 7.98. The Morgan fingerprint density at radius 3 is 2.46 bits per heavy atom. The molecule has 9 heteroatoms. The molecule has 138 valence electrons. The highest BCUT2D eigenvalue weighted by atomic mass is 32.2. The van der Waals surface area contributed by atoms with Crippen LogP contribution in [-0.2, 0) is 19.6 Å². The van der Waals surface area contributed by atoms with Crippen molar-refractivity contribution in [2.75, 3.05) is 19.0 Å². The van der Waals surface area contributed by atoms with Gasteiger partial charge in [-0.05, 0) is 36.8 Å². The van der Waals surface area contributed by atoms with E-state index in [0.717, 1.165) is 11.6 Å². The third-order valence-corrected chi connectivity index (χ3v) is 4.38. The van der Waals surface area contributed by atoms with Crippen LogP contribution in [0.3, 0.4) is 0 Å². The summed E-state index contributed by atoms with van der Waals surface area (Å²) in [5.74, 6) is -1.34. The SMILES string of the molecule is COc1ccc(S(N)(=O)=O)cc1C(=O)OCC(=O)Nc1ccccc1C. The van der Waals surface area contributed by atoms with Gasteiger partial charge >= 0.3 is 5.97 Å². The molecule has 0 aliphatic heterocycles. The van der Waals surface area contributed by atoms with Crippen molar-refractivity contribution < 1.29 is 27.5 Å². The summed E-state index contributed by atoms with van der Waals surface area (Å²) in [7, 11) is -2.69. The summed E-state index contributed by atoms with van der Waals surface area (Å²) in [6.45, 7) is 1.28. The minimum absolute atomic E-state index is 0.0988. The van der Waals surface area contributed by atoms with Crippen LogP contribution in [0.2, 0.25) is 0 Å². The summed E-state index contributed by atoms with van der Waals surface area (Å²) in [6, 6.07) is 10.7. The molecule has 26 heavy (non-hydrogen) atoms. The largest absolute Gasteiger partial charge is 0.496 e. The highest BCUT2D eigenvalue weighted by molar-refractivity contribution is 7.89. The number of ether oxygens (including phenoxy) is 2. The summed E-state index contributed by atoms with van der Waals surface area (Å²) in [6.07, 6.45) is 0. The van der Waals surface area contributed by atoms with Gasteiger partial charge in [-0.2, -0.15) is 0 Å². The first kappa shape index (κ1) is 19.4. The smallest absolute Gasteiger partial charge is 0.342 e. The minimum Gasteiger partial charge on any atom is -0.496 e. The van der Waals surface area contributed by atoms with Gasteiger partial charge in [0.2, 0.25) is 10.0 Å². The Bertz CT molecular complexity index is 940. The lowest BCUT2D eigenvalue weighted by atomic mass is 10.2. The van der Waals surface area contributed by atoms with Crippen LogP contribution < -0.4 is 15.2 Å². The maximum atomic E-state index is 12.2. The first-order chi connectivity index (χ1) is 12.2. The standard InChI is InChI=1S/C17H18N2O6S/c1-11-5-3-4-6-14(11)19-16(20)10-25-17(21)13-9-12(26(18,22)23)7-8-15(13)24-2/h3-9H,10H2,1-2H3,(H,19,20)(H2,18,22,23). The number of esters is 1. The van der Waals surface area contributed by atoms with Crippen LogP contribution in [-0.4, -0.2) is 34.0 Å². The number of sulfonamides is 1. The number of carbonyl (C=O) groups excluding carboxylic acids is 2. The van der Waals surface area contributed by atoms with Crippen molar-refractivity contribution in [1.29, 1.82) is 0 Å². The summed E-state index contributed by atoms with van der Waals surface area (Å²) in [5.41, 5.74) is 1.31. The molecule has 0 aliphatic carbocycles. The fourth-order valence-electron chi connectivity index (χ4n) is 2.13. The second-order valence-corrected chi connectivity index (χ2v) is 6.91. The topological polar surface area (TPSA) is 125 Å². The number of anilines is 1. The molecule has 8 nitrogen and oxygen atoms in total. The van der Waals surface area contributed by atoms with Crippen molar-refractivity contribution in [2.24, 2.45) is 5.14 Å². The Morgan fingerprint density at radius 2 is 1.85 bits per heavy atom. The molecule has 2 rings (SSSR count). The summed E-state index contributed by atoms with van der Waals surface area (Å²) in [5, 5.41) is 7.67. The molecule has 0 unspecified atom stereocenters. The van der Waals surface area contributed by atoms with Gasteiger partial charge in [0, 0.05) is 5.69 Å². The minimum atomic E-state index is -4.00. The summed E-state index contributed by atoms with van der Waals surface area (Å²) < 4.78 is 32.8. The van der Waals surface area contributed by atoms with Crippen LogP contribution in [0.5, 0.6) is 5.75 Å². The average Bonchev–Trinajstić information content (AvgIpc) is 2.60. The first-order valence-corrected chi connectivity index (χ1v) is 9.00. The Kier molecular flexibility index (Phi) is 5.96. The third-order valence-electron chi connectivity index (χ3n) is 3.47. The number of para-hydroxylation sites is 1. The molecule has 0 spiro atoms. The Balaban J connectivity index is 2.10. The number of hydrogen-bond donors (Lipinski definition) is 2. The molecule has 0 aliphatic rings. The summed E-state index contributed by atoms with van der Waals surface area (Å²) >= 11 is 0. The number of hydrogen-bond acceptors (Lipinski definition) is 6. The van der Waals surface area contributed by atoms with E-state index in [-0.39, 0.29) is 16.2 Å². The van der Waals surface area contributed by atoms with Crippen LogP contribution in [0.15, 0.2) is 47.4 Å². The number of rotatable bonds is 6. The molecule has 0 atom stereocenters. The third kappa shape index (κ3) is 4.80. The lowest BCUT2D eigenvalue weighted by Gasteiger charge is -2.11. The van der Waals surface area contributed by atoms with Crippen molar-refractivity contribution in [3.05, 3.63) is 53.6 Å². The summed E-state index contributed by atoms with van der Waals surface area (Å²) in [4.78, 5) is 23.9. The maximum Gasteiger partial charge on any atom is 0.342 e. The number of aryl methyl sites for hydroxylation is 1. The van der Waals surface area contributed by atoms with E-state index < -0.39 is 28.5 Å². The predicted octanol–water partition coefficient (Wildman–Crippen LogP) is 1.45. The zero-order valence-electron chi connectivity index (χ0n) is 14.2. The quantitative estimate of drug-likeness (QED) is 0.733. The molecular weight excluding hydrogens is 360 g/mol. The monoisotopic (exact) mass is 378 g/mol. The number of amides is 1. The number of primary sulfonamides is 1. The number of nitrogens with two attached hydrogens (primary N) is 1. The molecular formula is C17H18N2O6S. The van der Waals surface area contributed by atoms with Gasteiger partial charge in [-0.1, -0.05) is 18.2 Å². The fourth-order valence-corrected chi connectivity index (χ4v) is 2.67. The van der Waals surface area contributed by atoms with E-state index in [2.05, 4.69) is 5.32 Å². The zero-order chi connectivity index (χ0) is 19.3. The first-order valence-electron chi connectivity index (χ1n) is 7.46. The molecule has 0 saturated heterocycles. The van der Waals surface area contributed by atoms with Gasteiger partial charge in [0.15, 0.2) is 6.61 Å². The molecule has 2 aromatic carbocycles. The number of carbonyl (C=O) groups is 2. The Morgan fingerprint density at radius 1 is 1.15 bits per heavy atom. The molecule has 2 aromatic rings. The van der Waals surface area contributed by atoms with E-state index in [1.807, 2.05) is 19.1 Å². The number of nitrogens with one attached hydrogen (secondary N) is 1. The fraction of sp³-hybridized carbons (Fsp3) is 0.176. The molecule has 0 aromatic heterocycles. The maximum absolute atomic E-state index is 12.2. The second-order valence-electron chi connectivity index (χ2n) is 5.35. The molecule has 0 bridgehead atoms. The van der Waals surface area contributed by atoms with Crippen LogP contribution >= 0.6 is 0 Å². The predicted molar refractivity (Wildman–Crippen MR) is 94.5 cm³/mol. The van der Waals surface area contributed by atoms with Gasteiger partial charge in [0.25, 0.3) is 5.91 Å². The van der Waals surface area contributed by atoms with Gasteiger partial charge in [0.05, 0.1) is 12.0 Å². The molecule has 0 fully saturated rings.